The average molecular weight is 315 g/mol. The van der Waals surface area contributed by atoms with Crippen molar-refractivity contribution in [3.05, 3.63) is 51.9 Å². The van der Waals surface area contributed by atoms with Gasteiger partial charge in [0.15, 0.2) is 11.4 Å². The van der Waals surface area contributed by atoms with E-state index in [0.717, 1.165) is 18.4 Å². The number of benzene rings is 1. The lowest BCUT2D eigenvalue weighted by Crippen LogP contribution is -2.30. The molecule has 0 saturated heterocycles. The highest BCUT2D eigenvalue weighted by molar-refractivity contribution is 5.94. The van der Waals surface area contributed by atoms with E-state index in [1.807, 2.05) is 32.0 Å². The van der Waals surface area contributed by atoms with Gasteiger partial charge in [0, 0.05) is 6.54 Å². The molecule has 6 heteroatoms. The van der Waals surface area contributed by atoms with Crippen molar-refractivity contribution in [1.82, 2.24) is 15.1 Å². The van der Waals surface area contributed by atoms with Crippen LogP contribution in [0.1, 0.15) is 35.8 Å². The largest absolute Gasteiger partial charge is 0.494 e. The number of unbranched alkanes of at least 4 members (excludes halogenated alkanes) is 1. The van der Waals surface area contributed by atoms with Crippen LogP contribution in [-0.2, 0) is 0 Å². The summed E-state index contributed by atoms with van der Waals surface area (Å²) in [4.78, 5) is 24.6. The highest BCUT2D eigenvalue weighted by Gasteiger charge is 2.18. The topological polar surface area (TPSA) is 73.2 Å². The third-order valence-electron chi connectivity index (χ3n) is 3.49. The van der Waals surface area contributed by atoms with Crippen molar-refractivity contribution in [2.75, 3.05) is 13.7 Å². The molecule has 0 unspecified atom stereocenters. The van der Waals surface area contributed by atoms with Crippen LogP contribution < -0.4 is 15.6 Å². The molecule has 23 heavy (non-hydrogen) atoms. The summed E-state index contributed by atoms with van der Waals surface area (Å²) in [5, 5.41) is 7.01. The Hall–Kier alpha value is -2.63. The minimum absolute atomic E-state index is 0.103. The third kappa shape index (κ3) is 3.77. The molecule has 6 nitrogen and oxygen atoms in total. The van der Waals surface area contributed by atoms with Crippen molar-refractivity contribution in [2.24, 2.45) is 0 Å². The SMILES string of the molecule is CCCCNC(=O)c1nn(-c2ccccc2C)c(=O)cc1OC. The maximum absolute atomic E-state index is 12.3. The number of carbonyl (C=O) groups is 1. The second kappa shape index (κ2) is 7.58. The van der Waals surface area contributed by atoms with E-state index in [-0.39, 0.29) is 22.9 Å². The van der Waals surface area contributed by atoms with Gasteiger partial charge in [-0.3, -0.25) is 9.59 Å². The molecule has 122 valence electrons. The van der Waals surface area contributed by atoms with E-state index in [1.54, 1.807) is 6.07 Å². The highest BCUT2D eigenvalue weighted by atomic mass is 16.5. The number of rotatable bonds is 6. The molecule has 0 spiro atoms. The first kappa shape index (κ1) is 16.7. The predicted molar refractivity (Wildman–Crippen MR) is 88.4 cm³/mol. The molecule has 1 amide bonds. The van der Waals surface area contributed by atoms with Crippen LogP contribution in [-0.4, -0.2) is 29.3 Å². The number of aryl methyl sites for hydroxylation is 1. The standard InChI is InChI=1S/C17H21N3O3/c1-4-5-10-18-17(22)16-14(23-3)11-15(21)20(19-16)13-9-7-6-8-12(13)2/h6-9,11H,4-5,10H2,1-3H3,(H,18,22). The quantitative estimate of drug-likeness (QED) is 0.828. The number of nitrogens with one attached hydrogen (secondary N) is 1. The Morgan fingerprint density at radius 1 is 1.35 bits per heavy atom. The number of para-hydroxylation sites is 1. The van der Waals surface area contributed by atoms with Crippen molar-refractivity contribution in [1.29, 1.82) is 0 Å². The van der Waals surface area contributed by atoms with Gasteiger partial charge in [0.2, 0.25) is 0 Å². The fourth-order valence-corrected chi connectivity index (χ4v) is 2.19. The third-order valence-corrected chi connectivity index (χ3v) is 3.49. The van der Waals surface area contributed by atoms with Crippen LogP contribution in [0.2, 0.25) is 0 Å². The number of methoxy groups -OCH3 is 1. The molecule has 0 aliphatic heterocycles. The summed E-state index contributed by atoms with van der Waals surface area (Å²) in [5.74, 6) is -0.175. The van der Waals surface area contributed by atoms with Crippen LogP contribution in [0.3, 0.4) is 0 Å². The summed E-state index contributed by atoms with van der Waals surface area (Å²) in [5.41, 5.74) is 1.29. The maximum atomic E-state index is 12.3. The average Bonchev–Trinajstić information content (AvgIpc) is 2.55. The van der Waals surface area contributed by atoms with Gasteiger partial charge in [0.25, 0.3) is 11.5 Å². The molecule has 0 aliphatic carbocycles. The van der Waals surface area contributed by atoms with Crippen LogP contribution in [0.25, 0.3) is 5.69 Å². The molecule has 1 aromatic carbocycles. The number of ether oxygens (including phenoxy) is 1. The summed E-state index contributed by atoms with van der Waals surface area (Å²) in [7, 11) is 1.41. The van der Waals surface area contributed by atoms with E-state index >= 15 is 0 Å². The summed E-state index contributed by atoms with van der Waals surface area (Å²) < 4.78 is 6.37. The van der Waals surface area contributed by atoms with Crippen molar-refractivity contribution in [3.63, 3.8) is 0 Å². The van der Waals surface area contributed by atoms with Crippen LogP contribution >= 0.6 is 0 Å². The van der Waals surface area contributed by atoms with Crippen molar-refractivity contribution in [2.45, 2.75) is 26.7 Å². The van der Waals surface area contributed by atoms with Gasteiger partial charge in [0.1, 0.15) is 0 Å². The summed E-state index contributed by atoms with van der Waals surface area (Å²) >= 11 is 0. The van der Waals surface area contributed by atoms with Crippen LogP contribution in [0.5, 0.6) is 5.75 Å². The van der Waals surface area contributed by atoms with E-state index in [9.17, 15) is 9.59 Å². The van der Waals surface area contributed by atoms with Crippen LogP contribution in [0.15, 0.2) is 35.1 Å². The molecular weight excluding hydrogens is 294 g/mol. The summed E-state index contributed by atoms with van der Waals surface area (Å²) in [6, 6.07) is 8.66. The lowest BCUT2D eigenvalue weighted by Gasteiger charge is -2.12. The number of aromatic nitrogens is 2. The lowest BCUT2D eigenvalue weighted by molar-refractivity contribution is 0.0942. The Morgan fingerprint density at radius 2 is 2.09 bits per heavy atom. The number of hydrogen-bond acceptors (Lipinski definition) is 4. The molecular formula is C17H21N3O3. The summed E-state index contributed by atoms with van der Waals surface area (Å²) in [6.45, 7) is 4.49. The second-order valence-corrected chi connectivity index (χ2v) is 5.21. The molecule has 0 fully saturated rings. The van der Waals surface area contributed by atoms with Gasteiger partial charge in [-0.2, -0.15) is 9.78 Å². The van der Waals surface area contributed by atoms with Crippen molar-refractivity contribution < 1.29 is 9.53 Å². The summed E-state index contributed by atoms with van der Waals surface area (Å²) in [6.07, 6.45) is 1.86. The maximum Gasteiger partial charge on any atom is 0.275 e. The molecule has 0 saturated carbocycles. The molecule has 0 aliphatic rings. The second-order valence-electron chi connectivity index (χ2n) is 5.21. The number of carbonyl (C=O) groups excluding carboxylic acids is 1. The molecule has 2 rings (SSSR count). The van der Waals surface area contributed by atoms with Crippen molar-refractivity contribution >= 4 is 5.91 Å². The van der Waals surface area contributed by atoms with E-state index < -0.39 is 0 Å². The van der Waals surface area contributed by atoms with E-state index in [1.165, 1.54) is 17.9 Å². The minimum Gasteiger partial charge on any atom is -0.494 e. The smallest absolute Gasteiger partial charge is 0.275 e. The Bertz CT molecular complexity index is 753. The van der Waals surface area contributed by atoms with Crippen LogP contribution in [0.4, 0.5) is 0 Å². The molecule has 1 N–H and O–H groups in total. The predicted octanol–water partition coefficient (Wildman–Crippen LogP) is 2.08. The van der Waals surface area contributed by atoms with Gasteiger partial charge in [-0.1, -0.05) is 31.5 Å². The monoisotopic (exact) mass is 315 g/mol. The first-order valence-corrected chi connectivity index (χ1v) is 7.61. The Balaban J connectivity index is 2.46. The Labute approximate surface area is 135 Å². The van der Waals surface area contributed by atoms with Gasteiger partial charge < -0.3 is 10.1 Å². The minimum atomic E-state index is -0.349. The fourth-order valence-electron chi connectivity index (χ4n) is 2.19. The molecule has 2 aromatic rings. The zero-order chi connectivity index (χ0) is 16.8. The van der Waals surface area contributed by atoms with Gasteiger partial charge in [-0.25, -0.2) is 0 Å². The molecule has 1 aromatic heterocycles. The van der Waals surface area contributed by atoms with E-state index in [2.05, 4.69) is 10.4 Å². The Morgan fingerprint density at radius 3 is 2.74 bits per heavy atom. The zero-order valence-electron chi connectivity index (χ0n) is 13.6. The fraction of sp³-hybridized carbons (Fsp3) is 0.353. The Kier molecular flexibility index (Phi) is 5.51. The highest BCUT2D eigenvalue weighted by Crippen LogP contribution is 2.16. The lowest BCUT2D eigenvalue weighted by atomic mass is 10.2. The normalized spacial score (nSPS) is 10.4. The molecule has 0 atom stereocenters. The zero-order valence-corrected chi connectivity index (χ0v) is 13.6. The number of hydrogen-bond donors (Lipinski definition) is 1. The van der Waals surface area contributed by atoms with Gasteiger partial charge >= 0.3 is 0 Å². The molecule has 0 radical (unpaired) electrons. The van der Waals surface area contributed by atoms with E-state index in [4.69, 9.17) is 4.74 Å². The van der Waals surface area contributed by atoms with Gasteiger partial charge in [0.05, 0.1) is 18.9 Å². The van der Waals surface area contributed by atoms with E-state index in [0.29, 0.717) is 12.2 Å². The number of amides is 1. The molecule has 1 heterocycles. The van der Waals surface area contributed by atoms with Crippen molar-refractivity contribution in [3.8, 4) is 11.4 Å². The van der Waals surface area contributed by atoms with Gasteiger partial charge in [-0.15, -0.1) is 0 Å². The first-order chi connectivity index (χ1) is 11.1. The van der Waals surface area contributed by atoms with Crippen LogP contribution in [0, 0.1) is 6.92 Å². The number of nitrogens with zero attached hydrogens (tertiary/aromatic N) is 2. The molecule has 0 bridgehead atoms. The first-order valence-electron chi connectivity index (χ1n) is 7.61. The van der Waals surface area contributed by atoms with Gasteiger partial charge in [-0.05, 0) is 25.0 Å².